The van der Waals surface area contributed by atoms with Crippen LogP contribution in [0.1, 0.15) is 12.6 Å². The molecule has 0 radical (unpaired) electrons. The summed E-state index contributed by atoms with van der Waals surface area (Å²) in [6, 6.07) is 14.7. The van der Waals surface area contributed by atoms with Gasteiger partial charge >= 0.3 is 5.91 Å². The minimum Gasteiger partial charge on any atom is -0.489 e. The van der Waals surface area contributed by atoms with E-state index in [0.29, 0.717) is 64.4 Å². The van der Waals surface area contributed by atoms with E-state index in [1.807, 2.05) is 36.4 Å². The number of benzene rings is 2. The largest absolute Gasteiger partial charge is 0.489 e. The molecule has 0 fully saturated rings. The van der Waals surface area contributed by atoms with Gasteiger partial charge in [0.05, 0.1) is 33.9 Å². The summed E-state index contributed by atoms with van der Waals surface area (Å²) in [5, 5.41) is 4.40. The van der Waals surface area contributed by atoms with E-state index in [1.54, 1.807) is 30.2 Å². The molecule has 1 amide bonds. The topological polar surface area (TPSA) is 89.5 Å². The van der Waals surface area contributed by atoms with E-state index in [0.717, 1.165) is 5.69 Å². The predicted octanol–water partition coefficient (Wildman–Crippen LogP) is 4.75. The Labute approximate surface area is 206 Å². The first-order chi connectivity index (χ1) is 17.1. The Morgan fingerprint density at radius 2 is 2.11 bits per heavy atom. The Bertz CT molecular complexity index is 1470. The Morgan fingerprint density at radius 1 is 1.20 bits per heavy atom. The first kappa shape index (κ1) is 22.4. The van der Waals surface area contributed by atoms with Crippen LogP contribution in [0.3, 0.4) is 0 Å². The van der Waals surface area contributed by atoms with Crippen molar-refractivity contribution in [3.05, 3.63) is 71.8 Å². The molecular formula is C26H20ClN5O3. The van der Waals surface area contributed by atoms with Crippen LogP contribution in [0.4, 0.5) is 17.2 Å². The molecule has 1 aliphatic heterocycles. The molecule has 0 spiro atoms. The summed E-state index contributed by atoms with van der Waals surface area (Å²) < 4.78 is 11.8. The van der Waals surface area contributed by atoms with Crippen molar-refractivity contribution in [2.45, 2.75) is 13.5 Å². The number of hydrogen-bond acceptors (Lipinski definition) is 7. The lowest BCUT2D eigenvalue weighted by molar-refractivity contribution is -0.113. The van der Waals surface area contributed by atoms with Crippen LogP contribution in [0.2, 0.25) is 5.02 Å². The number of ether oxygens (including phenoxy) is 2. The van der Waals surface area contributed by atoms with Crippen LogP contribution in [-0.2, 0) is 11.4 Å². The quantitative estimate of drug-likeness (QED) is 0.408. The number of nitrogens with zero attached hydrogens (tertiary/aromatic N) is 4. The van der Waals surface area contributed by atoms with Crippen molar-refractivity contribution < 1.29 is 14.3 Å². The van der Waals surface area contributed by atoms with Gasteiger partial charge in [-0.05, 0) is 55.3 Å². The van der Waals surface area contributed by atoms with Crippen LogP contribution < -0.4 is 19.7 Å². The fourth-order valence-electron chi connectivity index (χ4n) is 3.78. The molecule has 4 aromatic rings. The van der Waals surface area contributed by atoms with Crippen LogP contribution in [0.5, 0.6) is 11.5 Å². The van der Waals surface area contributed by atoms with Gasteiger partial charge in [-0.3, -0.25) is 14.7 Å². The first-order valence-corrected chi connectivity index (χ1v) is 11.3. The lowest BCUT2D eigenvalue weighted by Gasteiger charge is -2.29. The van der Waals surface area contributed by atoms with Crippen LogP contribution >= 0.6 is 11.6 Å². The Balaban J connectivity index is 1.44. The lowest BCUT2D eigenvalue weighted by Crippen LogP contribution is -2.37. The highest BCUT2D eigenvalue weighted by Crippen LogP contribution is 2.41. The van der Waals surface area contributed by atoms with E-state index in [-0.39, 0.29) is 5.91 Å². The molecule has 5 rings (SSSR count). The molecule has 2 aromatic carbocycles. The minimum absolute atomic E-state index is 0.282. The molecule has 35 heavy (non-hydrogen) atoms. The number of rotatable bonds is 5. The summed E-state index contributed by atoms with van der Waals surface area (Å²) in [4.78, 5) is 27.2. The van der Waals surface area contributed by atoms with Gasteiger partial charge in [0.1, 0.15) is 31.1 Å². The SMILES string of the molecule is CC#CC(=O)N1CCOc2c1ccc1ncnc(Nc3ccc(OCc4ccccn4)c(Cl)c3)c21. The van der Waals surface area contributed by atoms with Crippen molar-refractivity contribution in [2.24, 2.45) is 0 Å². The van der Waals surface area contributed by atoms with E-state index in [4.69, 9.17) is 21.1 Å². The summed E-state index contributed by atoms with van der Waals surface area (Å²) in [7, 11) is 0. The van der Waals surface area contributed by atoms with Crippen molar-refractivity contribution in [3.63, 3.8) is 0 Å². The van der Waals surface area contributed by atoms with Gasteiger partial charge < -0.3 is 14.8 Å². The summed E-state index contributed by atoms with van der Waals surface area (Å²) in [6.07, 6.45) is 3.19. The summed E-state index contributed by atoms with van der Waals surface area (Å²) in [5.41, 5.74) is 2.82. The molecule has 0 aliphatic carbocycles. The second-order valence-corrected chi connectivity index (χ2v) is 8.00. The molecule has 1 N–H and O–H groups in total. The molecule has 0 bridgehead atoms. The number of aromatic nitrogens is 3. The van der Waals surface area contributed by atoms with Crippen molar-refractivity contribution in [3.8, 4) is 23.3 Å². The van der Waals surface area contributed by atoms with Gasteiger partial charge in [0.15, 0.2) is 5.75 Å². The zero-order valence-electron chi connectivity index (χ0n) is 18.8. The fraction of sp³-hybridized carbons (Fsp3) is 0.154. The molecule has 9 heteroatoms. The number of halogens is 1. The zero-order chi connectivity index (χ0) is 24.2. The van der Waals surface area contributed by atoms with Gasteiger partial charge in [-0.2, -0.15) is 0 Å². The van der Waals surface area contributed by atoms with Gasteiger partial charge in [0.25, 0.3) is 0 Å². The average Bonchev–Trinajstić information content (AvgIpc) is 2.88. The number of carbonyl (C=O) groups is 1. The smallest absolute Gasteiger partial charge is 0.303 e. The Morgan fingerprint density at radius 3 is 2.91 bits per heavy atom. The number of hydrogen-bond donors (Lipinski definition) is 1. The number of anilines is 3. The molecule has 174 valence electrons. The molecule has 8 nitrogen and oxygen atoms in total. The molecular weight excluding hydrogens is 466 g/mol. The maximum absolute atomic E-state index is 12.5. The van der Waals surface area contributed by atoms with E-state index in [1.165, 1.54) is 6.33 Å². The Hall–Kier alpha value is -4.35. The predicted molar refractivity (Wildman–Crippen MR) is 134 cm³/mol. The zero-order valence-corrected chi connectivity index (χ0v) is 19.5. The van der Waals surface area contributed by atoms with Gasteiger partial charge in [0.2, 0.25) is 0 Å². The van der Waals surface area contributed by atoms with E-state index in [9.17, 15) is 4.79 Å². The molecule has 0 atom stereocenters. The van der Waals surface area contributed by atoms with Crippen LogP contribution in [0.25, 0.3) is 10.9 Å². The van der Waals surface area contributed by atoms with Crippen molar-refractivity contribution in [1.82, 2.24) is 15.0 Å². The number of nitrogens with one attached hydrogen (secondary N) is 1. The molecule has 1 aliphatic rings. The van der Waals surface area contributed by atoms with Gasteiger partial charge in [0, 0.05) is 11.9 Å². The minimum atomic E-state index is -0.282. The summed E-state index contributed by atoms with van der Waals surface area (Å²) in [5.74, 6) is 6.58. The summed E-state index contributed by atoms with van der Waals surface area (Å²) >= 11 is 6.48. The molecule has 0 saturated heterocycles. The molecule has 0 unspecified atom stereocenters. The standard InChI is InChI=1S/C26H20ClN5O3/c1-2-5-23(33)32-12-13-34-25-21(32)9-8-20-24(25)26(30-16-29-20)31-17-7-10-22(19(27)14-17)35-15-18-6-3-4-11-28-18/h3-4,6-11,14,16H,12-13,15H2,1H3,(H,29,30,31). The van der Waals surface area contributed by atoms with Crippen LogP contribution in [0.15, 0.2) is 61.1 Å². The highest BCUT2D eigenvalue weighted by atomic mass is 35.5. The third-order valence-corrected chi connectivity index (χ3v) is 5.66. The van der Waals surface area contributed by atoms with Gasteiger partial charge in [-0.15, -0.1) is 0 Å². The van der Waals surface area contributed by atoms with Gasteiger partial charge in [-0.25, -0.2) is 9.97 Å². The third-order valence-electron chi connectivity index (χ3n) is 5.36. The highest BCUT2D eigenvalue weighted by Gasteiger charge is 2.26. The maximum Gasteiger partial charge on any atom is 0.303 e. The van der Waals surface area contributed by atoms with Gasteiger partial charge in [-0.1, -0.05) is 23.6 Å². The number of fused-ring (bicyclic) bond motifs is 3. The maximum atomic E-state index is 12.5. The molecule has 3 heterocycles. The fourth-order valence-corrected chi connectivity index (χ4v) is 4.01. The van der Waals surface area contributed by atoms with Crippen molar-refractivity contribution >= 4 is 45.6 Å². The lowest BCUT2D eigenvalue weighted by atomic mass is 10.1. The van der Waals surface area contributed by atoms with Crippen LogP contribution in [0, 0.1) is 11.8 Å². The number of pyridine rings is 1. The van der Waals surface area contributed by atoms with Crippen molar-refractivity contribution in [2.75, 3.05) is 23.4 Å². The van der Waals surface area contributed by atoms with E-state index >= 15 is 0 Å². The monoisotopic (exact) mass is 485 g/mol. The molecule has 0 saturated carbocycles. The Kier molecular flexibility index (Phi) is 6.33. The third kappa shape index (κ3) is 4.67. The van der Waals surface area contributed by atoms with E-state index in [2.05, 4.69) is 32.1 Å². The molecule has 2 aromatic heterocycles. The number of amides is 1. The second kappa shape index (κ2) is 9.87. The normalized spacial score (nSPS) is 12.2. The number of carbonyl (C=O) groups excluding carboxylic acids is 1. The second-order valence-electron chi connectivity index (χ2n) is 7.59. The van der Waals surface area contributed by atoms with Crippen LogP contribution in [-0.4, -0.2) is 34.0 Å². The van der Waals surface area contributed by atoms with E-state index < -0.39 is 0 Å². The summed E-state index contributed by atoms with van der Waals surface area (Å²) in [6.45, 7) is 2.70. The average molecular weight is 486 g/mol. The highest BCUT2D eigenvalue weighted by molar-refractivity contribution is 6.32. The van der Waals surface area contributed by atoms with Crippen molar-refractivity contribution in [1.29, 1.82) is 0 Å². The first-order valence-electron chi connectivity index (χ1n) is 10.9.